The molecule has 0 saturated heterocycles. The van der Waals surface area contributed by atoms with Gasteiger partial charge in [-0.15, -0.1) is 0 Å². The van der Waals surface area contributed by atoms with Gasteiger partial charge in [0, 0.05) is 7.05 Å². The van der Waals surface area contributed by atoms with Gasteiger partial charge in [0.15, 0.2) is 0 Å². The van der Waals surface area contributed by atoms with Crippen molar-refractivity contribution in [3.05, 3.63) is 7.05 Å². The van der Waals surface area contributed by atoms with Gasteiger partial charge in [-0.25, -0.2) is 0 Å². The van der Waals surface area contributed by atoms with Crippen molar-refractivity contribution >= 4 is 0 Å². The Kier molecular flexibility index (Phi) is 4.10. The van der Waals surface area contributed by atoms with Crippen LogP contribution in [-0.2, 0) is 0 Å². The van der Waals surface area contributed by atoms with Crippen LogP contribution in [0.3, 0.4) is 0 Å². The van der Waals surface area contributed by atoms with Gasteiger partial charge in [-0.2, -0.15) is 0 Å². The molecule has 2 radical (unpaired) electrons. The van der Waals surface area contributed by atoms with Gasteiger partial charge in [-0.3, -0.25) is 0 Å². The Bertz CT molecular complexity index is 33.2. The van der Waals surface area contributed by atoms with Gasteiger partial charge < -0.3 is 5.32 Å². The van der Waals surface area contributed by atoms with E-state index in [9.17, 15) is 0 Å². The molecule has 0 aliphatic rings. The van der Waals surface area contributed by atoms with E-state index in [1.54, 1.807) is 0 Å². The minimum Gasteiger partial charge on any atom is -0.311 e. The third-order valence-electron chi connectivity index (χ3n) is 0.866. The number of rotatable bonds is 3. The molecular formula is C6H13N. The Balaban J connectivity index is 2.68. The van der Waals surface area contributed by atoms with Crippen molar-refractivity contribution in [2.75, 3.05) is 6.54 Å². The van der Waals surface area contributed by atoms with Gasteiger partial charge >= 0.3 is 0 Å². The van der Waals surface area contributed by atoms with Crippen LogP contribution in [0, 0.1) is 13.0 Å². The largest absolute Gasteiger partial charge is 0.311 e. The Morgan fingerprint density at radius 2 is 2.14 bits per heavy atom. The molecule has 0 bridgehead atoms. The number of nitrogens with one attached hydrogen (secondary N) is 1. The molecule has 0 heterocycles. The second-order valence-corrected chi connectivity index (χ2v) is 2.14. The van der Waals surface area contributed by atoms with Crippen LogP contribution in [0.15, 0.2) is 0 Å². The summed E-state index contributed by atoms with van der Waals surface area (Å²) in [5.74, 6) is 0.760. The summed E-state index contributed by atoms with van der Waals surface area (Å²) >= 11 is 0. The fraction of sp³-hybridized carbons (Fsp3) is 0.833. The summed E-state index contributed by atoms with van der Waals surface area (Å²) in [6, 6.07) is 0. The summed E-state index contributed by atoms with van der Waals surface area (Å²) in [4.78, 5) is 0. The van der Waals surface area contributed by atoms with E-state index in [1.165, 1.54) is 0 Å². The maximum Gasteiger partial charge on any atom is 0.0407 e. The van der Waals surface area contributed by atoms with Gasteiger partial charge in [0.25, 0.3) is 0 Å². The lowest BCUT2D eigenvalue weighted by molar-refractivity contribution is 0.570. The molecule has 7 heavy (non-hydrogen) atoms. The predicted molar refractivity (Wildman–Crippen MR) is 31.8 cm³/mol. The third kappa shape index (κ3) is 5.96. The molecule has 0 aliphatic carbocycles. The Morgan fingerprint density at radius 1 is 1.57 bits per heavy atom. The molecule has 1 N–H and O–H groups in total. The van der Waals surface area contributed by atoms with Crippen LogP contribution in [0.5, 0.6) is 0 Å². The van der Waals surface area contributed by atoms with E-state index in [1.807, 2.05) is 0 Å². The van der Waals surface area contributed by atoms with Crippen molar-refractivity contribution in [1.82, 2.24) is 5.32 Å². The van der Waals surface area contributed by atoms with Gasteiger partial charge in [0.2, 0.25) is 0 Å². The molecule has 0 aliphatic heterocycles. The predicted octanol–water partition coefficient (Wildman–Crippen LogP) is 1.29. The van der Waals surface area contributed by atoms with Crippen molar-refractivity contribution in [2.24, 2.45) is 5.92 Å². The lowest BCUT2D eigenvalue weighted by atomic mass is 10.1. The fourth-order valence-corrected chi connectivity index (χ4v) is 0.372. The van der Waals surface area contributed by atoms with Crippen LogP contribution in [0.25, 0.3) is 0 Å². The normalized spacial score (nSPS) is 10.3. The highest BCUT2D eigenvalue weighted by Crippen LogP contribution is 1.95. The van der Waals surface area contributed by atoms with Crippen molar-refractivity contribution < 1.29 is 0 Å². The summed E-state index contributed by atoms with van der Waals surface area (Å²) in [6.07, 6.45) is 1.16. The molecule has 0 atom stereocenters. The zero-order valence-electron chi connectivity index (χ0n) is 5.07. The SMILES string of the molecule is [CH]NCCC(C)C. The zero-order chi connectivity index (χ0) is 5.70. The highest BCUT2D eigenvalue weighted by atomic mass is 14.8. The van der Waals surface area contributed by atoms with E-state index in [4.69, 9.17) is 7.05 Å². The molecule has 0 aromatic carbocycles. The van der Waals surface area contributed by atoms with Crippen molar-refractivity contribution in [2.45, 2.75) is 20.3 Å². The van der Waals surface area contributed by atoms with Gasteiger partial charge in [0.1, 0.15) is 0 Å². The summed E-state index contributed by atoms with van der Waals surface area (Å²) in [7, 11) is 5.03. The number of hydrogen-bond donors (Lipinski definition) is 1. The van der Waals surface area contributed by atoms with Crippen molar-refractivity contribution in [3.8, 4) is 0 Å². The van der Waals surface area contributed by atoms with Crippen LogP contribution in [0.1, 0.15) is 20.3 Å². The summed E-state index contributed by atoms with van der Waals surface area (Å²) in [5.41, 5.74) is 0. The smallest absolute Gasteiger partial charge is 0.0407 e. The van der Waals surface area contributed by atoms with Crippen LogP contribution in [-0.4, -0.2) is 6.54 Å². The van der Waals surface area contributed by atoms with E-state index >= 15 is 0 Å². The summed E-state index contributed by atoms with van der Waals surface area (Å²) < 4.78 is 0. The Hall–Kier alpha value is -0.0400. The van der Waals surface area contributed by atoms with Crippen LogP contribution >= 0.6 is 0 Å². The molecule has 42 valence electrons. The standard InChI is InChI=1S/C6H13N/c1-6(2)4-5-7-3/h3,6-7H,4-5H2,1-2H3. The first-order valence-corrected chi connectivity index (χ1v) is 2.71. The average Bonchev–Trinajstić information content (AvgIpc) is 1.61. The topological polar surface area (TPSA) is 12.0 Å². The van der Waals surface area contributed by atoms with Crippen LogP contribution in [0.2, 0.25) is 0 Å². The first kappa shape index (κ1) is 6.96. The van der Waals surface area contributed by atoms with E-state index in [0.29, 0.717) is 0 Å². The first-order valence-electron chi connectivity index (χ1n) is 2.71. The highest BCUT2D eigenvalue weighted by molar-refractivity contribution is 4.47. The Morgan fingerprint density at radius 3 is 2.29 bits per heavy atom. The monoisotopic (exact) mass is 99.1 g/mol. The lowest BCUT2D eigenvalue weighted by Crippen LogP contribution is -2.07. The molecular weight excluding hydrogens is 86.1 g/mol. The van der Waals surface area contributed by atoms with Gasteiger partial charge in [-0.05, 0) is 18.9 Å². The van der Waals surface area contributed by atoms with Crippen LogP contribution in [0.4, 0.5) is 0 Å². The molecule has 0 saturated carbocycles. The van der Waals surface area contributed by atoms with E-state index in [-0.39, 0.29) is 0 Å². The molecule has 0 aromatic heterocycles. The van der Waals surface area contributed by atoms with Crippen LogP contribution < -0.4 is 5.32 Å². The average molecular weight is 99.2 g/mol. The molecule has 0 rings (SSSR count). The highest BCUT2D eigenvalue weighted by Gasteiger charge is 1.88. The molecule has 1 heteroatoms. The quantitative estimate of drug-likeness (QED) is 0.526. The zero-order valence-corrected chi connectivity index (χ0v) is 5.07. The summed E-state index contributed by atoms with van der Waals surface area (Å²) in [5, 5.41) is 2.60. The first-order chi connectivity index (χ1) is 3.27. The maximum atomic E-state index is 5.03. The second-order valence-electron chi connectivity index (χ2n) is 2.14. The lowest BCUT2D eigenvalue weighted by Gasteiger charge is -2.00. The molecule has 0 aromatic rings. The molecule has 1 nitrogen and oxygen atoms in total. The third-order valence-corrected chi connectivity index (χ3v) is 0.866. The summed E-state index contributed by atoms with van der Waals surface area (Å²) in [6.45, 7) is 5.28. The molecule has 0 spiro atoms. The minimum atomic E-state index is 0.760. The van der Waals surface area contributed by atoms with E-state index in [2.05, 4.69) is 19.2 Å². The van der Waals surface area contributed by atoms with E-state index in [0.717, 1.165) is 18.9 Å². The Labute approximate surface area is 46.1 Å². The second kappa shape index (κ2) is 4.13. The van der Waals surface area contributed by atoms with Gasteiger partial charge in [0.05, 0.1) is 0 Å². The minimum absolute atomic E-state index is 0.760. The molecule has 0 fully saturated rings. The number of hydrogen-bond acceptors (Lipinski definition) is 1. The van der Waals surface area contributed by atoms with Crippen molar-refractivity contribution in [1.29, 1.82) is 0 Å². The maximum absolute atomic E-state index is 5.03. The molecule has 0 unspecified atom stereocenters. The fourth-order valence-electron chi connectivity index (χ4n) is 0.372. The molecule has 0 amide bonds. The van der Waals surface area contributed by atoms with E-state index < -0.39 is 0 Å². The van der Waals surface area contributed by atoms with Gasteiger partial charge in [-0.1, -0.05) is 13.8 Å². The van der Waals surface area contributed by atoms with Crippen molar-refractivity contribution in [3.63, 3.8) is 0 Å².